The lowest BCUT2D eigenvalue weighted by atomic mass is 10.2. The van der Waals surface area contributed by atoms with Crippen molar-refractivity contribution in [1.82, 2.24) is 0 Å². The Morgan fingerprint density at radius 2 is 2.06 bits per heavy atom. The van der Waals surface area contributed by atoms with E-state index in [0.717, 1.165) is 25.6 Å². The first-order valence-corrected chi connectivity index (χ1v) is 8.48. The van der Waals surface area contributed by atoms with E-state index in [4.69, 9.17) is 4.74 Å². The Kier molecular flexibility index (Phi) is 5.09. The second-order valence-electron chi connectivity index (χ2n) is 3.38. The van der Waals surface area contributed by atoms with Crippen molar-refractivity contribution in [3.63, 3.8) is 0 Å². The van der Waals surface area contributed by atoms with Crippen LogP contribution in [0.15, 0.2) is 38.6 Å². The average molecular weight is 441 g/mol. The van der Waals surface area contributed by atoms with Crippen molar-refractivity contribution in [2.75, 3.05) is 0 Å². The van der Waals surface area contributed by atoms with Crippen molar-refractivity contribution in [3.8, 4) is 5.75 Å². The van der Waals surface area contributed by atoms with E-state index in [9.17, 15) is 0 Å². The normalized spacial score (nSPS) is 10.5. The molecule has 0 aliphatic carbocycles. The van der Waals surface area contributed by atoms with Gasteiger partial charge in [-0.15, -0.1) is 11.3 Å². The topological polar surface area (TPSA) is 9.23 Å². The number of ether oxygens (including phenoxy) is 1. The number of benzene rings is 1. The van der Waals surface area contributed by atoms with E-state index < -0.39 is 0 Å². The minimum Gasteiger partial charge on any atom is -0.487 e. The quantitative estimate of drug-likeness (QED) is 0.550. The Bertz CT molecular complexity index is 510. The molecule has 0 aliphatic rings. The molecular weight excluding hydrogens is 432 g/mol. The van der Waals surface area contributed by atoms with Crippen molar-refractivity contribution in [3.05, 3.63) is 49.0 Å². The van der Waals surface area contributed by atoms with E-state index in [2.05, 4.69) is 65.3 Å². The lowest BCUT2D eigenvalue weighted by molar-refractivity contribution is 0.305. The lowest BCUT2D eigenvalue weighted by Crippen LogP contribution is -1.96. The molecule has 0 spiro atoms. The van der Waals surface area contributed by atoms with Gasteiger partial charge in [0.2, 0.25) is 0 Å². The van der Waals surface area contributed by atoms with Crippen LogP contribution in [0, 0.1) is 0 Å². The third-order valence-electron chi connectivity index (χ3n) is 2.17. The maximum absolute atomic E-state index is 5.87. The van der Waals surface area contributed by atoms with E-state index in [1.165, 1.54) is 4.88 Å². The summed E-state index contributed by atoms with van der Waals surface area (Å²) in [4.78, 5) is 1.20. The van der Waals surface area contributed by atoms with Crippen LogP contribution in [-0.2, 0) is 11.9 Å². The second kappa shape index (κ2) is 6.36. The Morgan fingerprint density at radius 3 is 2.71 bits per heavy atom. The number of halogens is 3. The third kappa shape index (κ3) is 3.56. The molecule has 0 bridgehead atoms. The molecule has 1 nitrogen and oxygen atoms in total. The van der Waals surface area contributed by atoms with Crippen molar-refractivity contribution in [2.45, 2.75) is 11.9 Å². The molecular formula is C12H9Br3OS. The fraction of sp³-hybridized carbons (Fsp3) is 0.167. The summed E-state index contributed by atoms with van der Waals surface area (Å²) in [5, 5.41) is 2.85. The molecule has 1 heterocycles. The van der Waals surface area contributed by atoms with Crippen molar-refractivity contribution >= 4 is 59.1 Å². The van der Waals surface area contributed by atoms with Gasteiger partial charge in [-0.25, -0.2) is 0 Å². The standard InChI is InChI=1S/C12H9Br3OS/c13-5-8-2-1-3-11(15)12(8)16-6-10-4-9(14)7-17-10/h1-4,7H,5-6H2. The van der Waals surface area contributed by atoms with Crippen LogP contribution in [0.1, 0.15) is 10.4 Å². The predicted octanol–water partition coefficient (Wildman–Crippen LogP) is 5.75. The van der Waals surface area contributed by atoms with Gasteiger partial charge in [-0.3, -0.25) is 0 Å². The van der Waals surface area contributed by atoms with E-state index >= 15 is 0 Å². The van der Waals surface area contributed by atoms with Crippen LogP contribution in [0.2, 0.25) is 0 Å². The molecule has 1 aromatic carbocycles. The van der Waals surface area contributed by atoms with Gasteiger partial charge < -0.3 is 4.74 Å². The minimum atomic E-state index is 0.596. The molecule has 0 atom stereocenters. The summed E-state index contributed by atoms with van der Waals surface area (Å²) in [5.74, 6) is 0.911. The van der Waals surface area contributed by atoms with Crippen LogP contribution in [-0.4, -0.2) is 0 Å². The Hall–Kier alpha value is 0.160. The van der Waals surface area contributed by atoms with Crippen LogP contribution in [0.25, 0.3) is 0 Å². The fourth-order valence-corrected chi connectivity index (χ4v) is 3.72. The fourth-order valence-electron chi connectivity index (χ4n) is 1.39. The molecule has 0 aliphatic heterocycles. The lowest BCUT2D eigenvalue weighted by Gasteiger charge is -2.10. The maximum atomic E-state index is 5.87. The van der Waals surface area contributed by atoms with Crippen LogP contribution in [0.5, 0.6) is 5.75 Å². The monoisotopic (exact) mass is 438 g/mol. The molecule has 17 heavy (non-hydrogen) atoms. The van der Waals surface area contributed by atoms with E-state index in [-0.39, 0.29) is 0 Å². The number of hydrogen-bond acceptors (Lipinski definition) is 2. The highest BCUT2D eigenvalue weighted by Crippen LogP contribution is 2.32. The number of hydrogen-bond donors (Lipinski definition) is 0. The number of thiophene rings is 1. The Labute approximate surface area is 130 Å². The van der Waals surface area contributed by atoms with Crippen LogP contribution in [0.4, 0.5) is 0 Å². The molecule has 0 radical (unpaired) electrons. The first-order chi connectivity index (χ1) is 8.20. The van der Waals surface area contributed by atoms with Gasteiger partial charge in [0.1, 0.15) is 12.4 Å². The molecule has 90 valence electrons. The second-order valence-corrected chi connectivity index (χ2v) is 6.71. The summed E-state index contributed by atoms with van der Waals surface area (Å²) in [6.07, 6.45) is 0. The van der Waals surface area contributed by atoms with Gasteiger partial charge in [-0.2, -0.15) is 0 Å². The van der Waals surface area contributed by atoms with Crippen molar-refractivity contribution in [2.24, 2.45) is 0 Å². The van der Waals surface area contributed by atoms with E-state index in [0.29, 0.717) is 6.61 Å². The van der Waals surface area contributed by atoms with Crippen LogP contribution in [0.3, 0.4) is 0 Å². The summed E-state index contributed by atoms with van der Waals surface area (Å²) >= 11 is 12.1. The SMILES string of the molecule is BrCc1cccc(Br)c1OCc1cc(Br)cs1. The Morgan fingerprint density at radius 1 is 1.24 bits per heavy atom. The molecule has 5 heteroatoms. The van der Waals surface area contributed by atoms with Gasteiger partial charge in [0.25, 0.3) is 0 Å². The van der Waals surface area contributed by atoms with Crippen molar-refractivity contribution in [1.29, 1.82) is 0 Å². The van der Waals surface area contributed by atoms with Gasteiger partial charge in [0.05, 0.1) is 4.47 Å². The summed E-state index contributed by atoms with van der Waals surface area (Å²) in [7, 11) is 0. The van der Waals surface area contributed by atoms with Gasteiger partial charge in [0.15, 0.2) is 0 Å². The number of rotatable bonds is 4. The summed E-state index contributed by atoms with van der Waals surface area (Å²) in [6.45, 7) is 0.596. The molecule has 0 amide bonds. The summed E-state index contributed by atoms with van der Waals surface area (Å²) in [5.41, 5.74) is 1.15. The average Bonchev–Trinajstić information content (AvgIpc) is 2.73. The summed E-state index contributed by atoms with van der Waals surface area (Å²) in [6, 6.07) is 8.13. The van der Waals surface area contributed by atoms with Crippen LogP contribution >= 0.6 is 59.1 Å². The highest BCUT2D eigenvalue weighted by Gasteiger charge is 2.08. The van der Waals surface area contributed by atoms with E-state index in [1.54, 1.807) is 11.3 Å². The maximum Gasteiger partial charge on any atom is 0.138 e. The highest BCUT2D eigenvalue weighted by atomic mass is 79.9. The Balaban J connectivity index is 2.13. The molecule has 0 saturated heterocycles. The molecule has 0 N–H and O–H groups in total. The zero-order valence-corrected chi connectivity index (χ0v) is 14.3. The molecule has 0 unspecified atom stereocenters. The summed E-state index contributed by atoms with van der Waals surface area (Å²) < 4.78 is 7.97. The molecule has 1 aromatic heterocycles. The smallest absolute Gasteiger partial charge is 0.138 e. The van der Waals surface area contributed by atoms with Crippen LogP contribution < -0.4 is 4.74 Å². The first-order valence-electron chi connectivity index (χ1n) is 4.90. The molecule has 2 aromatic rings. The molecule has 2 rings (SSSR count). The molecule has 0 saturated carbocycles. The zero-order chi connectivity index (χ0) is 12.3. The van der Waals surface area contributed by atoms with Gasteiger partial charge in [0, 0.05) is 25.6 Å². The number of para-hydroxylation sites is 1. The third-order valence-corrected chi connectivity index (χ3v) is 5.07. The van der Waals surface area contributed by atoms with Gasteiger partial charge in [-0.1, -0.05) is 28.1 Å². The van der Waals surface area contributed by atoms with Crippen molar-refractivity contribution < 1.29 is 4.74 Å². The van der Waals surface area contributed by atoms with E-state index in [1.807, 2.05) is 12.1 Å². The van der Waals surface area contributed by atoms with Gasteiger partial charge in [-0.05, 0) is 44.0 Å². The zero-order valence-electron chi connectivity index (χ0n) is 8.75. The van der Waals surface area contributed by atoms with Gasteiger partial charge >= 0.3 is 0 Å². The molecule has 0 fully saturated rings. The first kappa shape index (κ1) is 13.6. The minimum absolute atomic E-state index is 0.596. The highest BCUT2D eigenvalue weighted by molar-refractivity contribution is 9.11. The predicted molar refractivity (Wildman–Crippen MR) is 83.1 cm³/mol. The number of alkyl halides is 1. The largest absolute Gasteiger partial charge is 0.487 e.